The fraction of sp³-hybridized carbons (Fsp3) is 0.182. The van der Waals surface area contributed by atoms with Crippen molar-refractivity contribution in [2.24, 2.45) is 0 Å². The molecule has 0 bridgehead atoms. The van der Waals surface area contributed by atoms with Gasteiger partial charge in [-0.05, 0) is 46.4 Å². The number of amides is 1. The first-order valence-electron chi connectivity index (χ1n) is 8.80. The maximum absolute atomic E-state index is 13.0. The first-order valence-corrected chi connectivity index (χ1v) is 10.2. The molecular formula is C22H22N2O3S. The van der Waals surface area contributed by atoms with Gasteiger partial charge in [0.25, 0.3) is 5.91 Å². The number of benzene rings is 3. The lowest BCUT2D eigenvalue weighted by Crippen LogP contribution is -2.43. The van der Waals surface area contributed by atoms with E-state index in [-0.39, 0.29) is 5.91 Å². The topological polar surface area (TPSA) is 81.4 Å². The number of nitrogens with one attached hydrogen (secondary N) is 1. The third kappa shape index (κ3) is 4.12. The van der Waals surface area contributed by atoms with Crippen molar-refractivity contribution in [3.05, 3.63) is 66.2 Å². The molecule has 3 aromatic carbocycles. The lowest BCUT2D eigenvalue weighted by molar-refractivity contribution is -0.142. The number of fused-ring (bicyclic) bond motifs is 1. The third-order valence-corrected chi connectivity index (χ3v) is 5.16. The Morgan fingerprint density at radius 3 is 2.57 bits per heavy atom. The highest BCUT2D eigenvalue weighted by Gasteiger charge is 2.23. The summed E-state index contributed by atoms with van der Waals surface area (Å²) in [6, 6.07) is 18.4. The molecular weight excluding hydrogens is 372 g/mol. The molecule has 28 heavy (non-hydrogen) atoms. The van der Waals surface area contributed by atoms with Gasteiger partial charge < -0.3 is 15.8 Å². The molecule has 0 fully saturated rings. The molecule has 6 heteroatoms. The number of thioether (sulfide) groups is 1. The Labute approximate surface area is 168 Å². The van der Waals surface area contributed by atoms with Crippen LogP contribution in [0.2, 0.25) is 0 Å². The Bertz CT molecular complexity index is 1010. The molecule has 0 unspecified atom stereocenters. The van der Waals surface area contributed by atoms with Crippen LogP contribution in [-0.2, 0) is 9.53 Å². The van der Waals surface area contributed by atoms with Crippen LogP contribution in [0.4, 0.5) is 5.69 Å². The van der Waals surface area contributed by atoms with Gasteiger partial charge >= 0.3 is 5.97 Å². The standard InChI is InChI=1S/C22H22N2O3S/c1-27-22(26)20(13-28-2)24-21(25)18-11-10-15(23)12-19(18)17-9-5-7-14-6-3-4-8-16(14)17/h3-12,20H,13,23H2,1-2H3,(H,24,25)/t20-/m1/s1. The second-order valence-corrected chi connectivity index (χ2v) is 7.25. The highest BCUT2D eigenvalue weighted by molar-refractivity contribution is 7.98. The predicted molar refractivity (Wildman–Crippen MR) is 115 cm³/mol. The number of nitrogens with two attached hydrogens (primary N) is 1. The van der Waals surface area contributed by atoms with Gasteiger partial charge in [0.05, 0.1) is 7.11 Å². The number of carbonyl (C=O) groups excluding carboxylic acids is 2. The molecule has 0 saturated heterocycles. The average Bonchev–Trinajstić information content (AvgIpc) is 2.72. The second kappa shape index (κ2) is 8.80. The first kappa shape index (κ1) is 19.8. The van der Waals surface area contributed by atoms with Crippen LogP contribution in [0, 0.1) is 0 Å². The Balaban J connectivity index is 2.06. The van der Waals surface area contributed by atoms with E-state index in [1.807, 2.05) is 48.7 Å². The smallest absolute Gasteiger partial charge is 0.329 e. The molecule has 3 N–H and O–H groups in total. The van der Waals surface area contributed by atoms with E-state index in [1.165, 1.54) is 18.9 Å². The van der Waals surface area contributed by atoms with Crippen molar-refractivity contribution >= 4 is 40.1 Å². The summed E-state index contributed by atoms with van der Waals surface area (Å²) < 4.78 is 4.81. The fourth-order valence-electron chi connectivity index (χ4n) is 3.16. The lowest BCUT2D eigenvalue weighted by Gasteiger charge is -2.18. The molecule has 0 aliphatic heterocycles. The van der Waals surface area contributed by atoms with Gasteiger partial charge in [0, 0.05) is 17.0 Å². The monoisotopic (exact) mass is 394 g/mol. The minimum atomic E-state index is -0.717. The van der Waals surface area contributed by atoms with Crippen molar-refractivity contribution in [2.75, 3.05) is 24.9 Å². The highest BCUT2D eigenvalue weighted by atomic mass is 32.2. The van der Waals surface area contributed by atoms with Gasteiger partial charge in [-0.15, -0.1) is 0 Å². The summed E-state index contributed by atoms with van der Waals surface area (Å²) in [5.74, 6) is -0.381. The quantitative estimate of drug-likeness (QED) is 0.492. The van der Waals surface area contributed by atoms with Crippen molar-refractivity contribution in [3.63, 3.8) is 0 Å². The van der Waals surface area contributed by atoms with E-state index < -0.39 is 12.0 Å². The van der Waals surface area contributed by atoms with Crippen LogP contribution in [0.15, 0.2) is 60.7 Å². The number of carbonyl (C=O) groups is 2. The summed E-state index contributed by atoms with van der Waals surface area (Å²) >= 11 is 1.46. The van der Waals surface area contributed by atoms with E-state index in [0.29, 0.717) is 17.0 Å². The van der Waals surface area contributed by atoms with Crippen molar-refractivity contribution in [1.29, 1.82) is 0 Å². The summed E-state index contributed by atoms with van der Waals surface area (Å²) in [6.45, 7) is 0. The number of anilines is 1. The maximum Gasteiger partial charge on any atom is 0.329 e. The summed E-state index contributed by atoms with van der Waals surface area (Å²) in [4.78, 5) is 25.0. The van der Waals surface area contributed by atoms with Gasteiger partial charge in [-0.25, -0.2) is 4.79 Å². The zero-order valence-electron chi connectivity index (χ0n) is 15.8. The summed E-state index contributed by atoms with van der Waals surface area (Å²) in [6.07, 6.45) is 1.87. The zero-order chi connectivity index (χ0) is 20.1. The normalized spacial score (nSPS) is 11.8. The molecule has 0 aliphatic carbocycles. The number of hydrogen-bond acceptors (Lipinski definition) is 5. The van der Waals surface area contributed by atoms with Crippen LogP contribution in [-0.4, -0.2) is 37.0 Å². The van der Waals surface area contributed by atoms with Gasteiger partial charge in [-0.1, -0.05) is 42.5 Å². The number of rotatable bonds is 6. The minimum absolute atomic E-state index is 0.340. The van der Waals surface area contributed by atoms with Crippen molar-refractivity contribution in [3.8, 4) is 11.1 Å². The molecule has 5 nitrogen and oxygen atoms in total. The van der Waals surface area contributed by atoms with E-state index in [4.69, 9.17) is 10.5 Å². The molecule has 0 saturated carbocycles. The van der Waals surface area contributed by atoms with Crippen molar-refractivity contribution in [2.45, 2.75) is 6.04 Å². The van der Waals surface area contributed by atoms with Crippen LogP contribution in [0.5, 0.6) is 0 Å². The number of hydrogen-bond donors (Lipinski definition) is 2. The minimum Gasteiger partial charge on any atom is -0.467 e. The number of esters is 1. The van der Waals surface area contributed by atoms with E-state index in [1.54, 1.807) is 18.2 Å². The van der Waals surface area contributed by atoms with Crippen molar-refractivity contribution < 1.29 is 14.3 Å². The van der Waals surface area contributed by atoms with Crippen LogP contribution >= 0.6 is 11.8 Å². The average molecular weight is 394 g/mol. The Kier molecular flexibility index (Phi) is 6.21. The van der Waals surface area contributed by atoms with Gasteiger partial charge in [-0.3, -0.25) is 4.79 Å². The van der Waals surface area contributed by atoms with E-state index in [9.17, 15) is 9.59 Å². The summed E-state index contributed by atoms with van der Waals surface area (Å²) in [5.41, 5.74) is 8.68. The Morgan fingerprint density at radius 2 is 1.82 bits per heavy atom. The molecule has 0 aromatic heterocycles. The summed E-state index contributed by atoms with van der Waals surface area (Å²) in [5, 5.41) is 4.89. The SMILES string of the molecule is COC(=O)[C@@H](CSC)NC(=O)c1ccc(N)cc1-c1cccc2ccccc12. The van der Waals surface area contributed by atoms with E-state index in [0.717, 1.165) is 21.9 Å². The molecule has 3 aromatic rings. The highest BCUT2D eigenvalue weighted by Crippen LogP contribution is 2.32. The van der Waals surface area contributed by atoms with Gasteiger partial charge in [0.15, 0.2) is 0 Å². The van der Waals surface area contributed by atoms with E-state index in [2.05, 4.69) is 5.32 Å². The molecule has 3 rings (SSSR count). The number of methoxy groups -OCH3 is 1. The maximum atomic E-state index is 13.0. The number of ether oxygens (including phenoxy) is 1. The number of nitrogen functional groups attached to an aromatic ring is 1. The largest absolute Gasteiger partial charge is 0.467 e. The fourth-order valence-corrected chi connectivity index (χ4v) is 3.71. The van der Waals surface area contributed by atoms with Crippen LogP contribution in [0.3, 0.4) is 0 Å². The van der Waals surface area contributed by atoms with Gasteiger partial charge in [0.2, 0.25) is 0 Å². The van der Waals surface area contributed by atoms with Crippen molar-refractivity contribution in [1.82, 2.24) is 5.32 Å². The van der Waals surface area contributed by atoms with Crippen LogP contribution in [0.1, 0.15) is 10.4 Å². The Morgan fingerprint density at radius 1 is 1.07 bits per heavy atom. The second-order valence-electron chi connectivity index (χ2n) is 6.34. The summed E-state index contributed by atoms with van der Waals surface area (Å²) in [7, 11) is 1.31. The first-order chi connectivity index (χ1) is 13.5. The molecule has 144 valence electrons. The third-order valence-electron chi connectivity index (χ3n) is 4.49. The zero-order valence-corrected chi connectivity index (χ0v) is 16.6. The molecule has 0 radical (unpaired) electrons. The molecule has 0 aliphatic rings. The Hall–Kier alpha value is -2.99. The molecule has 1 atom stereocenters. The molecule has 0 heterocycles. The molecule has 1 amide bonds. The molecule has 0 spiro atoms. The van der Waals surface area contributed by atoms with E-state index >= 15 is 0 Å². The van der Waals surface area contributed by atoms with Gasteiger partial charge in [0.1, 0.15) is 6.04 Å². The van der Waals surface area contributed by atoms with Crippen LogP contribution in [0.25, 0.3) is 21.9 Å². The van der Waals surface area contributed by atoms with Gasteiger partial charge in [-0.2, -0.15) is 11.8 Å². The lowest BCUT2D eigenvalue weighted by atomic mass is 9.93. The predicted octanol–water partition coefficient (Wildman–Crippen LogP) is 3.72. The van der Waals surface area contributed by atoms with Crippen LogP contribution < -0.4 is 11.1 Å².